The molecule has 0 bridgehead atoms. The number of nitrogens with two attached hydrogens (primary N) is 1. The van der Waals surface area contributed by atoms with E-state index in [4.69, 9.17) is 10.9 Å². The van der Waals surface area contributed by atoms with E-state index in [2.05, 4.69) is 10.1 Å². The maximum atomic E-state index is 13.1. The van der Waals surface area contributed by atoms with E-state index in [1.165, 1.54) is 12.1 Å². The van der Waals surface area contributed by atoms with Crippen molar-refractivity contribution in [3.8, 4) is 11.1 Å². The molecule has 1 aromatic carbocycles. The highest BCUT2D eigenvalue weighted by molar-refractivity contribution is 5.98. The fourth-order valence-corrected chi connectivity index (χ4v) is 2.65. The number of aliphatic hydroxyl groups excluding tert-OH is 1. The number of benzene rings is 1. The van der Waals surface area contributed by atoms with Crippen LogP contribution in [-0.2, 0) is 4.79 Å². The predicted octanol–water partition coefficient (Wildman–Crippen LogP) is 2.03. The SMILES string of the molecule is NCCC(=NO)c1ccc(-c2ccc([C@@H](O)[C@@H](CF)NC(=O)C(F)F)cc2)cn1. The summed E-state index contributed by atoms with van der Waals surface area (Å²) < 4.78 is 37.7. The molecule has 1 amide bonds. The third kappa shape index (κ3) is 5.75. The molecular weight excluding hydrogens is 389 g/mol. The van der Waals surface area contributed by atoms with Gasteiger partial charge in [-0.1, -0.05) is 35.5 Å². The van der Waals surface area contributed by atoms with E-state index in [9.17, 15) is 23.1 Å². The number of pyridine rings is 1. The minimum Gasteiger partial charge on any atom is -0.411 e. The first-order valence-corrected chi connectivity index (χ1v) is 8.71. The largest absolute Gasteiger partial charge is 0.411 e. The summed E-state index contributed by atoms with van der Waals surface area (Å²) in [5, 5.41) is 24.1. The van der Waals surface area contributed by atoms with Crippen LogP contribution in [0.5, 0.6) is 0 Å². The number of oxime groups is 1. The molecule has 0 aliphatic carbocycles. The van der Waals surface area contributed by atoms with E-state index in [-0.39, 0.29) is 5.56 Å². The number of rotatable bonds is 9. The molecule has 0 aliphatic rings. The minimum absolute atomic E-state index is 0.258. The van der Waals surface area contributed by atoms with Crippen molar-refractivity contribution in [2.24, 2.45) is 10.9 Å². The summed E-state index contributed by atoms with van der Waals surface area (Å²) >= 11 is 0. The van der Waals surface area contributed by atoms with Gasteiger partial charge in [0.05, 0.1) is 11.7 Å². The molecule has 5 N–H and O–H groups in total. The van der Waals surface area contributed by atoms with Crippen molar-refractivity contribution < 1.29 is 28.3 Å². The minimum atomic E-state index is -3.30. The van der Waals surface area contributed by atoms with Crippen LogP contribution in [0.1, 0.15) is 23.8 Å². The van der Waals surface area contributed by atoms with Crippen LogP contribution in [0.15, 0.2) is 47.8 Å². The van der Waals surface area contributed by atoms with E-state index in [0.29, 0.717) is 24.4 Å². The lowest BCUT2D eigenvalue weighted by Crippen LogP contribution is -2.43. The third-order valence-electron chi connectivity index (χ3n) is 4.22. The van der Waals surface area contributed by atoms with Gasteiger partial charge in [0, 0.05) is 18.2 Å². The highest BCUT2D eigenvalue weighted by Crippen LogP contribution is 2.24. The predicted molar refractivity (Wildman–Crippen MR) is 101 cm³/mol. The number of nitrogens with one attached hydrogen (secondary N) is 1. The molecule has 0 saturated heterocycles. The first-order chi connectivity index (χ1) is 13.9. The molecule has 2 atom stereocenters. The highest BCUT2D eigenvalue weighted by atomic mass is 19.3. The van der Waals surface area contributed by atoms with Gasteiger partial charge in [0.25, 0.3) is 5.91 Å². The van der Waals surface area contributed by atoms with Gasteiger partial charge < -0.3 is 21.4 Å². The van der Waals surface area contributed by atoms with Crippen LogP contribution in [0.3, 0.4) is 0 Å². The van der Waals surface area contributed by atoms with Gasteiger partial charge in [0.1, 0.15) is 18.5 Å². The number of alkyl halides is 3. The molecule has 29 heavy (non-hydrogen) atoms. The first kappa shape index (κ1) is 22.3. The Kier molecular flexibility index (Phi) is 8.10. The molecule has 1 heterocycles. The number of aliphatic hydroxyl groups is 1. The fourth-order valence-electron chi connectivity index (χ4n) is 2.65. The molecule has 0 fully saturated rings. The van der Waals surface area contributed by atoms with E-state index >= 15 is 0 Å². The Labute approximate surface area is 165 Å². The number of nitrogens with zero attached hydrogens (tertiary/aromatic N) is 2. The zero-order valence-electron chi connectivity index (χ0n) is 15.3. The summed E-state index contributed by atoms with van der Waals surface area (Å²) in [6.07, 6.45) is -2.85. The van der Waals surface area contributed by atoms with Crippen molar-refractivity contribution in [1.82, 2.24) is 10.3 Å². The smallest absolute Gasteiger partial charge is 0.315 e. The normalized spacial score (nSPS) is 13.9. The quantitative estimate of drug-likeness (QED) is 0.286. The molecule has 156 valence electrons. The fraction of sp³-hybridized carbons (Fsp3) is 0.316. The van der Waals surface area contributed by atoms with Gasteiger partial charge in [-0.2, -0.15) is 8.78 Å². The lowest BCUT2D eigenvalue weighted by Gasteiger charge is -2.22. The molecule has 0 spiro atoms. The van der Waals surface area contributed by atoms with Crippen LogP contribution in [0.4, 0.5) is 13.2 Å². The molecule has 10 heteroatoms. The monoisotopic (exact) mass is 410 g/mol. The Hall–Kier alpha value is -2.98. The van der Waals surface area contributed by atoms with Gasteiger partial charge in [-0.15, -0.1) is 0 Å². The van der Waals surface area contributed by atoms with Crippen molar-refractivity contribution >= 4 is 11.6 Å². The van der Waals surface area contributed by atoms with E-state index in [0.717, 1.165) is 11.1 Å². The van der Waals surface area contributed by atoms with E-state index in [1.54, 1.807) is 35.8 Å². The topological polar surface area (TPSA) is 121 Å². The summed E-state index contributed by atoms with van der Waals surface area (Å²) in [4.78, 5) is 15.3. The zero-order chi connectivity index (χ0) is 21.4. The second-order valence-electron chi connectivity index (χ2n) is 6.15. The van der Waals surface area contributed by atoms with Gasteiger partial charge in [0.2, 0.25) is 0 Å². The van der Waals surface area contributed by atoms with Crippen LogP contribution < -0.4 is 11.1 Å². The first-order valence-electron chi connectivity index (χ1n) is 8.71. The lowest BCUT2D eigenvalue weighted by atomic mass is 9.99. The average Bonchev–Trinajstić information content (AvgIpc) is 2.75. The molecule has 2 aromatic rings. The molecule has 0 saturated carbocycles. The van der Waals surface area contributed by atoms with Crippen molar-refractivity contribution in [3.05, 3.63) is 53.9 Å². The van der Waals surface area contributed by atoms with Crippen LogP contribution >= 0.6 is 0 Å². The number of halogens is 3. The molecule has 1 aromatic heterocycles. The number of carbonyl (C=O) groups excluding carboxylic acids is 1. The number of hydrogen-bond acceptors (Lipinski definition) is 6. The van der Waals surface area contributed by atoms with Crippen molar-refractivity contribution in [1.29, 1.82) is 0 Å². The number of amides is 1. The molecule has 0 radical (unpaired) electrons. The molecule has 7 nitrogen and oxygen atoms in total. The van der Waals surface area contributed by atoms with Gasteiger partial charge in [-0.05, 0) is 23.7 Å². The lowest BCUT2D eigenvalue weighted by molar-refractivity contribution is -0.133. The summed E-state index contributed by atoms with van der Waals surface area (Å²) in [6.45, 7) is -0.894. The molecule has 0 aliphatic heterocycles. The Morgan fingerprint density at radius 1 is 1.17 bits per heavy atom. The third-order valence-corrected chi connectivity index (χ3v) is 4.22. The molecule has 0 unspecified atom stereocenters. The van der Waals surface area contributed by atoms with E-state index in [1.807, 2.05) is 0 Å². The standard InChI is InChI=1S/C19H21F3N4O3/c20-9-16(25-19(28)18(21)22)17(27)12-3-1-11(2-4-12)13-5-6-14(24-10-13)15(26-29)7-8-23/h1-6,10,16-18,27,29H,7-9,23H2,(H,25,28)/t16-,17-/m1/s1. The van der Waals surface area contributed by atoms with Crippen molar-refractivity contribution in [2.45, 2.75) is 25.0 Å². The average molecular weight is 410 g/mol. The Morgan fingerprint density at radius 3 is 2.31 bits per heavy atom. The maximum absolute atomic E-state index is 13.1. The second-order valence-corrected chi connectivity index (χ2v) is 6.15. The van der Waals surface area contributed by atoms with Crippen LogP contribution in [0.25, 0.3) is 11.1 Å². The van der Waals surface area contributed by atoms with Gasteiger partial charge in [-0.3, -0.25) is 9.78 Å². The van der Waals surface area contributed by atoms with Gasteiger partial charge in [0.15, 0.2) is 0 Å². The number of hydrogen-bond donors (Lipinski definition) is 4. The van der Waals surface area contributed by atoms with Crippen LogP contribution in [0.2, 0.25) is 0 Å². The zero-order valence-corrected chi connectivity index (χ0v) is 15.3. The summed E-state index contributed by atoms with van der Waals surface area (Å²) in [5.41, 5.74) is 8.01. The van der Waals surface area contributed by atoms with Crippen LogP contribution in [-0.4, -0.2) is 52.6 Å². The molecular formula is C19H21F3N4O3. The van der Waals surface area contributed by atoms with Gasteiger partial charge >= 0.3 is 6.43 Å². The summed E-state index contributed by atoms with van der Waals surface area (Å²) in [7, 11) is 0. The summed E-state index contributed by atoms with van der Waals surface area (Å²) in [6, 6.07) is 8.22. The second kappa shape index (κ2) is 10.5. The number of aromatic nitrogens is 1. The van der Waals surface area contributed by atoms with Crippen molar-refractivity contribution in [3.63, 3.8) is 0 Å². The number of carbonyl (C=O) groups is 1. The van der Waals surface area contributed by atoms with Crippen molar-refractivity contribution in [2.75, 3.05) is 13.2 Å². The highest BCUT2D eigenvalue weighted by Gasteiger charge is 2.26. The maximum Gasteiger partial charge on any atom is 0.315 e. The van der Waals surface area contributed by atoms with E-state index < -0.39 is 31.2 Å². The Balaban J connectivity index is 2.14. The molecule has 2 rings (SSSR count). The Morgan fingerprint density at radius 2 is 1.83 bits per heavy atom. The van der Waals surface area contributed by atoms with Crippen LogP contribution in [0, 0.1) is 0 Å². The summed E-state index contributed by atoms with van der Waals surface area (Å²) in [5.74, 6) is -1.64. The Bertz CT molecular complexity index is 830. The van der Waals surface area contributed by atoms with Gasteiger partial charge in [-0.25, -0.2) is 4.39 Å².